The molecule has 0 aliphatic carbocycles. The van der Waals surface area contributed by atoms with Crippen molar-refractivity contribution in [3.63, 3.8) is 0 Å². The average molecular weight is 343 g/mol. The van der Waals surface area contributed by atoms with E-state index in [4.69, 9.17) is 9.47 Å². The van der Waals surface area contributed by atoms with Crippen LogP contribution < -0.4 is 14.8 Å². The normalized spacial score (nSPS) is 11.6. The van der Waals surface area contributed by atoms with Crippen molar-refractivity contribution in [2.45, 2.75) is 26.4 Å². The number of hydrogen-bond acceptors (Lipinski definition) is 4. The maximum absolute atomic E-state index is 12.0. The van der Waals surface area contributed by atoms with Crippen LogP contribution in [0.1, 0.15) is 29.3 Å². The molecule has 25 heavy (non-hydrogen) atoms. The van der Waals surface area contributed by atoms with Crippen LogP contribution in [0, 0.1) is 6.92 Å². The molecule has 2 aromatic rings. The second kappa shape index (κ2) is 9.69. The summed E-state index contributed by atoms with van der Waals surface area (Å²) in [5, 5.41) is 11.9. The smallest absolute Gasteiger partial charge is 0.251 e. The number of rotatable bonds is 9. The van der Waals surface area contributed by atoms with Gasteiger partial charge in [0.25, 0.3) is 5.91 Å². The Balaban J connectivity index is 1.75. The van der Waals surface area contributed by atoms with Gasteiger partial charge in [0.1, 0.15) is 11.5 Å². The maximum atomic E-state index is 12.0. The SMILES string of the molecule is Cc1ccccc1OCCCOc1cccc(C(=O)NCC(C)O)c1. The minimum Gasteiger partial charge on any atom is -0.493 e. The first-order chi connectivity index (χ1) is 12.1. The van der Waals surface area contributed by atoms with Gasteiger partial charge in [0, 0.05) is 18.5 Å². The van der Waals surface area contributed by atoms with Crippen LogP contribution in [0.4, 0.5) is 0 Å². The molecule has 0 aliphatic rings. The Hall–Kier alpha value is -2.53. The molecular formula is C20H25NO4. The molecule has 0 saturated heterocycles. The molecule has 0 aromatic heterocycles. The number of amides is 1. The number of aliphatic hydroxyl groups excluding tert-OH is 1. The topological polar surface area (TPSA) is 67.8 Å². The van der Waals surface area contributed by atoms with Gasteiger partial charge >= 0.3 is 0 Å². The predicted octanol–water partition coefficient (Wildman–Crippen LogP) is 2.95. The highest BCUT2D eigenvalue weighted by atomic mass is 16.5. The molecule has 0 spiro atoms. The Bertz CT molecular complexity index is 685. The number of aryl methyl sites for hydroxylation is 1. The van der Waals surface area contributed by atoms with Gasteiger partial charge in [-0.2, -0.15) is 0 Å². The number of benzene rings is 2. The molecule has 0 radical (unpaired) electrons. The quantitative estimate of drug-likeness (QED) is 0.687. The van der Waals surface area contributed by atoms with Gasteiger partial charge < -0.3 is 19.9 Å². The minimum atomic E-state index is -0.573. The molecule has 2 N–H and O–H groups in total. The first kappa shape index (κ1) is 18.8. The lowest BCUT2D eigenvalue weighted by atomic mass is 10.2. The largest absolute Gasteiger partial charge is 0.493 e. The fourth-order valence-corrected chi connectivity index (χ4v) is 2.22. The van der Waals surface area contributed by atoms with Crippen molar-refractivity contribution in [3.8, 4) is 11.5 Å². The summed E-state index contributed by atoms with van der Waals surface area (Å²) in [5.41, 5.74) is 1.62. The zero-order valence-electron chi connectivity index (χ0n) is 14.7. The Morgan fingerprint density at radius 2 is 1.88 bits per heavy atom. The Morgan fingerprint density at radius 3 is 2.64 bits per heavy atom. The molecule has 0 heterocycles. The fourth-order valence-electron chi connectivity index (χ4n) is 2.22. The summed E-state index contributed by atoms with van der Waals surface area (Å²) in [6.45, 7) is 4.93. The third-order valence-corrected chi connectivity index (χ3v) is 3.56. The summed E-state index contributed by atoms with van der Waals surface area (Å²) in [6.07, 6.45) is 0.170. The van der Waals surface area contributed by atoms with Crippen molar-refractivity contribution in [1.82, 2.24) is 5.32 Å². The van der Waals surface area contributed by atoms with Crippen LogP contribution in [0.5, 0.6) is 11.5 Å². The number of carbonyl (C=O) groups is 1. The van der Waals surface area contributed by atoms with E-state index in [-0.39, 0.29) is 12.5 Å². The van der Waals surface area contributed by atoms with Crippen LogP contribution in [0.2, 0.25) is 0 Å². The van der Waals surface area contributed by atoms with Crippen LogP contribution in [0.3, 0.4) is 0 Å². The number of carbonyl (C=O) groups excluding carboxylic acids is 1. The minimum absolute atomic E-state index is 0.222. The van der Waals surface area contributed by atoms with Gasteiger partial charge in [0.15, 0.2) is 0 Å². The zero-order valence-corrected chi connectivity index (χ0v) is 14.7. The molecule has 0 aliphatic heterocycles. The van der Waals surface area contributed by atoms with Gasteiger partial charge in [-0.05, 0) is 43.7 Å². The molecule has 2 aromatic carbocycles. The molecule has 0 fully saturated rings. The first-order valence-electron chi connectivity index (χ1n) is 8.44. The van der Waals surface area contributed by atoms with Crippen molar-refractivity contribution in [3.05, 3.63) is 59.7 Å². The Labute approximate surface area is 148 Å². The van der Waals surface area contributed by atoms with Crippen LogP contribution in [-0.2, 0) is 0 Å². The summed E-state index contributed by atoms with van der Waals surface area (Å²) in [5.74, 6) is 1.30. The maximum Gasteiger partial charge on any atom is 0.251 e. The van der Waals surface area contributed by atoms with Gasteiger partial charge in [-0.3, -0.25) is 4.79 Å². The van der Waals surface area contributed by atoms with Gasteiger partial charge in [-0.15, -0.1) is 0 Å². The molecule has 134 valence electrons. The second-order valence-electron chi connectivity index (χ2n) is 5.90. The van der Waals surface area contributed by atoms with Crippen LogP contribution in [0.15, 0.2) is 48.5 Å². The van der Waals surface area contributed by atoms with Gasteiger partial charge in [0.05, 0.1) is 19.3 Å². The van der Waals surface area contributed by atoms with E-state index >= 15 is 0 Å². The third-order valence-electron chi connectivity index (χ3n) is 3.56. The number of ether oxygens (including phenoxy) is 2. The number of aliphatic hydroxyl groups is 1. The zero-order chi connectivity index (χ0) is 18.1. The van der Waals surface area contributed by atoms with Crippen molar-refractivity contribution >= 4 is 5.91 Å². The van der Waals surface area contributed by atoms with E-state index in [0.29, 0.717) is 24.5 Å². The summed E-state index contributed by atoms with van der Waals surface area (Å²) < 4.78 is 11.4. The van der Waals surface area contributed by atoms with E-state index in [1.165, 1.54) is 0 Å². The van der Waals surface area contributed by atoms with Gasteiger partial charge in [0.2, 0.25) is 0 Å². The van der Waals surface area contributed by atoms with Crippen LogP contribution in [-0.4, -0.2) is 36.9 Å². The molecule has 0 saturated carbocycles. The highest BCUT2D eigenvalue weighted by Crippen LogP contribution is 2.17. The van der Waals surface area contributed by atoms with Crippen LogP contribution in [0.25, 0.3) is 0 Å². The molecule has 5 heteroatoms. The summed E-state index contributed by atoms with van der Waals surface area (Å²) in [6, 6.07) is 14.9. The van der Waals surface area contributed by atoms with Crippen molar-refractivity contribution < 1.29 is 19.4 Å². The van der Waals surface area contributed by atoms with E-state index in [2.05, 4.69) is 5.32 Å². The fraction of sp³-hybridized carbons (Fsp3) is 0.350. The van der Waals surface area contributed by atoms with Crippen molar-refractivity contribution in [2.24, 2.45) is 0 Å². The lowest BCUT2D eigenvalue weighted by molar-refractivity contribution is 0.0923. The van der Waals surface area contributed by atoms with Crippen molar-refractivity contribution in [1.29, 1.82) is 0 Å². The average Bonchev–Trinajstić information content (AvgIpc) is 2.61. The predicted molar refractivity (Wildman–Crippen MR) is 97.2 cm³/mol. The molecular weight excluding hydrogens is 318 g/mol. The summed E-state index contributed by atoms with van der Waals surface area (Å²) >= 11 is 0. The third kappa shape index (κ3) is 6.47. The molecule has 1 unspecified atom stereocenters. The number of hydrogen-bond donors (Lipinski definition) is 2. The molecule has 5 nitrogen and oxygen atoms in total. The first-order valence-corrected chi connectivity index (χ1v) is 8.44. The standard InChI is InChI=1S/C20H25NO4/c1-15-7-3-4-10-19(15)25-12-6-11-24-18-9-5-8-17(13-18)20(23)21-14-16(2)22/h3-5,7-10,13,16,22H,6,11-12,14H2,1-2H3,(H,21,23). The van der Waals surface area contributed by atoms with Crippen molar-refractivity contribution in [2.75, 3.05) is 19.8 Å². The second-order valence-corrected chi connectivity index (χ2v) is 5.90. The Morgan fingerprint density at radius 1 is 1.12 bits per heavy atom. The number of nitrogens with one attached hydrogen (secondary N) is 1. The van der Waals surface area contributed by atoms with E-state index in [1.807, 2.05) is 37.3 Å². The van der Waals surface area contributed by atoms with E-state index in [0.717, 1.165) is 17.7 Å². The lowest BCUT2D eigenvalue weighted by Crippen LogP contribution is -2.30. The lowest BCUT2D eigenvalue weighted by Gasteiger charge is -2.11. The van der Waals surface area contributed by atoms with E-state index < -0.39 is 6.10 Å². The molecule has 1 amide bonds. The highest BCUT2D eigenvalue weighted by molar-refractivity contribution is 5.94. The van der Waals surface area contributed by atoms with E-state index in [9.17, 15) is 9.90 Å². The van der Waals surface area contributed by atoms with Gasteiger partial charge in [-0.1, -0.05) is 24.3 Å². The van der Waals surface area contributed by atoms with E-state index in [1.54, 1.807) is 25.1 Å². The Kier molecular flexibility index (Phi) is 7.29. The highest BCUT2D eigenvalue weighted by Gasteiger charge is 2.07. The molecule has 0 bridgehead atoms. The summed E-state index contributed by atoms with van der Waals surface area (Å²) in [4.78, 5) is 12.0. The number of para-hydroxylation sites is 1. The molecule has 2 rings (SSSR count). The van der Waals surface area contributed by atoms with Crippen LogP contribution >= 0.6 is 0 Å². The monoisotopic (exact) mass is 343 g/mol. The summed E-state index contributed by atoms with van der Waals surface area (Å²) in [7, 11) is 0. The van der Waals surface area contributed by atoms with Gasteiger partial charge in [-0.25, -0.2) is 0 Å². The molecule has 1 atom stereocenters.